The number of rotatable bonds is 7. The molecule has 1 aliphatic rings. The molecule has 32 heavy (non-hydrogen) atoms. The minimum Gasteiger partial charge on any atom is -0.355 e. The van der Waals surface area contributed by atoms with Crippen molar-refractivity contribution in [1.82, 2.24) is 19.4 Å². The monoisotopic (exact) mass is 472 g/mol. The molecule has 1 N–H and O–H groups in total. The normalized spacial score (nSPS) is 17.4. The maximum atomic E-state index is 12.8. The first-order valence-corrected chi connectivity index (χ1v) is 13.1. The third-order valence-electron chi connectivity index (χ3n) is 5.75. The van der Waals surface area contributed by atoms with Crippen LogP contribution in [-0.4, -0.2) is 48.0 Å². The predicted molar refractivity (Wildman–Crippen MR) is 126 cm³/mol. The van der Waals surface area contributed by atoms with Crippen LogP contribution in [0.4, 0.5) is 0 Å². The topological polar surface area (TPSA) is 84.3 Å². The highest BCUT2D eigenvalue weighted by molar-refractivity contribution is 7.91. The van der Waals surface area contributed by atoms with Crippen molar-refractivity contribution >= 4 is 27.3 Å². The Morgan fingerprint density at radius 3 is 2.66 bits per heavy atom. The Labute approximate surface area is 193 Å². The zero-order valence-corrected chi connectivity index (χ0v) is 20.0. The summed E-state index contributed by atoms with van der Waals surface area (Å²) in [5.41, 5.74) is 4.21. The van der Waals surface area contributed by atoms with E-state index in [1.54, 1.807) is 17.5 Å². The van der Waals surface area contributed by atoms with Gasteiger partial charge in [0, 0.05) is 25.3 Å². The van der Waals surface area contributed by atoms with Gasteiger partial charge in [-0.05, 0) is 68.3 Å². The zero-order valence-electron chi connectivity index (χ0n) is 18.3. The van der Waals surface area contributed by atoms with Crippen LogP contribution >= 0.6 is 11.3 Å². The number of sulfonamides is 1. The number of hydrogen-bond acceptors (Lipinski definition) is 5. The zero-order chi connectivity index (χ0) is 22.7. The van der Waals surface area contributed by atoms with Gasteiger partial charge in [0.2, 0.25) is 5.91 Å². The molecule has 1 fully saturated rings. The average Bonchev–Trinajstić information content (AvgIpc) is 3.44. The maximum absolute atomic E-state index is 12.8. The van der Waals surface area contributed by atoms with E-state index >= 15 is 0 Å². The van der Waals surface area contributed by atoms with Crippen LogP contribution in [0.2, 0.25) is 0 Å². The Morgan fingerprint density at radius 1 is 1.22 bits per heavy atom. The van der Waals surface area contributed by atoms with Crippen LogP contribution in [0.3, 0.4) is 0 Å². The quantitative estimate of drug-likeness (QED) is 0.572. The molecule has 1 saturated heterocycles. The van der Waals surface area contributed by atoms with Crippen LogP contribution in [0.15, 0.2) is 52.1 Å². The van der Waals surface area contributed by atoms with Crippen LogP contribution in [0.5, 0.6) is 0 Å². The van der Waals surface area contributed by atoms with Gasteiger partial charge in [0.25, 0.3) is 10.0 Å². The molecular formula is C23H28N4O3S2. The highest BCUT2D eigenvalue weighted by Crippen LogP contribution is 2.26. The molecule has 170 valence electrons. The first-order valence-electron chi connectivity index (χ1n) is 10.8. The summed E-state index contributed by atoms with van der Waals surface area (Å²) in [5, 5.41) is 9.25. The van der Waals surface area contributed by atoms with Crippen LogP contribution in [0.25, 0.3) is 5.69 Å². The lowest BCUT2D eigenvalue weighted by Gasteiger charge is -2.30. The minimum atomic E-state index is -3.51. The van der Waals surface area contributed by atoms with Crippen LogP contribution in [0, 0.1) is 19.8 Å². The van der Waals surface area contributed by atoms with Crippen LogP contribution in [-0.2, 0) is 21.2 Å². The molecule has 0 aliphatic carbocycles. The lowest BCUT2D eigenvalue weighted by Crippen LogP contribution is -2.45. The molecule has 3 heterocycles. The fraction of sp³-hybridized carbons (Fsp3) is 0.391. The van der Waals surface area contributed by atoms with Gasteiger partial charge in [0.05, 0.1) is 17.3 Å². The molecule has 1 amide bonds. The Bertz CT molecular complexity index is 1170. The largest absolute Gasteiger partial charge is 0.355 e. The summed E-state index contributed by atoms with van der Waals surface area (Å²) in [5.74, 6) is -0.387. The second-order valence-corrected chi connectivity index (χ2v) is 11.3. The third kappa shape index (κ3) is 4.95. The van der Waals surface area contributed by atoms with E-state index in [1.807, 2.05) is 48.9 Å². The SMILES string of the molecule is Cc1cc(C)n(-c2ccc(CCNC(=O)C3CCCN(S(=O)(=O)c4cccs4)C3)cc2)n1. The number of benzene rings is 1. The molecule has 1 unspecified atom stereocenters. The second kappa shape index (κ2) is 9.56. The van der Waals surface area contributed by atoms with Crippen molar-refractivity contribution < 1.29 is 13.2 Å². The van der Waals surface area contributed by atoms with Crippen molar-refractivity contribution in [2.24, 2.45) is 5.92 Å². The van der Waals surface area contributed by atoms with Crippen molar-refractivity contribution in [3.8, 4) is 5.69 Å². The average molecular weight is 473 g/mol. The van der Waals surface area contributed by atoms with E-state index in [2.05, 4.69) is 10.4 Å². The van der Waals surface area contributed by atoms with Gasteiger partial charge in [-0.15, -0.1) is 11.3 Å². The highest BCUT2D eigenvalue weighted by atomic mass is 32.2. The maximum Gasteiger partial charge on any atom is 0.252 e. The first-order chi connectivity index (χ1) is 15.3. The Kier molecular flexibility index (Phi) is 6.78. The van der Waals surface area contributed by atoms with Gasteiger partial charge in [0.1, 0.15) is 4.21 Å². The van der Waals surface area contributed by atoms with Crippen molar-refractivity contribution in [2.75, 3.05) is 19.6 Å². The Balaban J connectivity index is 1.30. The van der Waals surface area contributed by atoms with Crippen molar-refractivity contribution in [3.63, 3.8) is 0 Å². The van der Waals surface area contributed by atoms with Gasteiger partial charge >= 0.3 is 0 Å². The number of carbonyl (C=O) groups is 1. The number of amides is 1. The van der Waals surface area contributed by atoms with E-state index in [-0.39, 0.29) is 18.4 Å². The number of nitrogens with zero attached hydrogens (tertiary/aromatic N) is 3. The second-order valence-electron chi connectivity index (χ2n) is 8.18. The fourth-order valence-electron chi connectivity index (χ4n) is 4.08. The van der Waals surface area contributed by atoms with Gasteiger partial charge in [-0.2, -0.15) is 9.40 Å². The number of thiophene rings is 1. The summed E-state index contributed by atoms with van der Waals surface area (Å²) >= 11 is 1.21. The summed E-state index contributed by atoms with van der Waals surface area (Å²) in [6, 6.07) is 13.6. The number of nitrogens with one attached hydrogen (secondary N) is 1. The van der Waals surface area contributed by atoms with Gasteiger partial charge in [-0.1, -0.05) is 18.2 Å². The van der Waals surface area contributed by atoms with Crippen molar-refractivity contribution in [2.45, 2.75) is 37.3 Å². The first kappa shape index (κ1) is 22.7. The molecule has 0 bridgehead atoms. The van der Waals surface area contributed by atoms with Gasteiger partial charge < -0.3 is 5.32 Å². The molecule has 3 aromatic rings. The molecular weight excluding hydrogens is 444 g/mol. The van der Waals surface area contributed by atoms with Crippen LogP contribution in [0.1, 0.15) is 29.8 Å². The number of aromatic nitrogens is 2. The molecule has 1 aromatic carbocycles. The standard InChI is InChI=1S/C23H28N4O3S2/c1-17-15-18(2)27(25-17)21-9-7-19(8-10-21)11-12-24-23(28)20-5-3-13-26(16-20)32(29,30)22-6-4-14-31-22/h4,6-10,14-15,20H,3,5,11-13,16H2,1-2H3,(H,24,28). The molecule has 0 radical (unpaired) electrons. The molecule has 1 aliphatic heterocycles. The van der Waals surface area contributed by atoms with Crippen molar-refractivity contribution in [1.29, 1.82) is 0 Å². The van der Waals surface area contributed by atoms with E-state index in [0.29, 0.717) is 36.6 Å². The summed E-state index contributed by atoms with van der Waals surface area (Å²) in [7, 11) is -3.51. The van der Waals surface area contributed by atoms with E-state index in [0.717, 1.165) is 22.6 Å². The number of piperidine rings is 1. The van der Waals surface area contributed by atoms with Crippen molar-refractivity contribution in [3.05, 3.63) is 64.8 Å². The molecule has 1 atom stereocenters. The Morgan fingerprint density at radius 2 is 2.00 bits per heavy atom. The molecule has 0 saturated carbocycles. The fourth-order valence-corrected chi connectivity index (χ4v) is 6.75. The lowest BCUT2D eigenvalue weighted by molar-refractivity contribution is -0.126. The summed E-state index contributed by atoms with van der Waals surface area (Å²) in [4.78, 5) is 12.7. The van der Waals surface area contributed by atoms with Gasteiger partial charge in [-0.3, -0.25) is 4.79 Å². The highest BCUT2D eigenvalue weighted by Gasteiger charge is 2.33. The Hall–Kier alpha value is -2.49. The number of hydrogen-bond donors (Lipinski definition) is 1. The predicted octanol–water partition coefficient (Wildman–Crippen LogP) is 3.31. The molecule has 2 aromatic heterocycles. The third-order valence-corrected chi connectivity index (χ3v) is 8.99. The minimum absolute atomic E-state index is 0.0738. The molecule has 4 rings (SSSR count). The van der Waals surface area contributed by atoms with Gasteiger partial charge in [-0.25, -0.2) is 13.1 Å². The van der Waals surface area contributed by atoms with E-state index in [9.17, 15) is 13.2 Å². The molecule has 9 heteroatoms. The van der Waals surface area contributed by atoms with Gasteiger partial charge in [0.15, 0.2) is 0 Å². The molecule has 7 nitrogen and oxygen atoms in total. The summed E-state index contributed by atoms with van der Waals surface area (Å²) in [6.07, 6.45) is 2.11. The lowest BCUT2D eigenvalue weighted by atomic mass is 9.99. The van der Waals surface area contributed by atoms with Crippen LogP contribution < -0.4 is 5.32 Å². The number of carbonyl (C=O) groups excluding carboxylic acids is 1. The van der Waals surface area contributed by atoms with E-state index < -0.39 is 10.0 Å². The smallest absolute Gasteiger partial charge is 0.252 e. The van der Waals surface area contributed by atoms with E-state index in [1.165, 1.54) is 15.6 Å². The molecule has 0 spiro atoms. The van der Waals surface area contributed by atoms with E-state index in [4.69, 9.17) is 0 Å². The summed E-state index contributed by atoms with van der Waals surface area (Å²) in [6.45, 7) is 5.23. The summed E-state index contributed by atoms with van der Waals surface area (Å²) < 4.78 is 29.2. The number of aryl methyl sites for hydroxylation is 2.